The van der Waals surface area contributed by atoms with E-state index < -0.39 is 0 Å². The predicted octanol–water partition coefficient (Wildman–Crippen LogP) is 3.45. The number of nitrogens with one attached hydrogen (secondary N) is 2. The minimum atomic E-state index is -0.216. The van der Waals surface area contributed by atoms with Crippen molar-refractivity contribution in [1.82, 2.24) is 15.5 Å². The van der Waals surface area contributed by atoms with Crippen LogP contribution < -0.4 is 10.6 Å². The van der Waals surface area contributed by atoms with E-state index in [-0.39, 0.29) is 11.8 Å². The van der Waals surface area contributed by atoms with Crippen LogP contribution in [0.5, 0.6) is 0 Å². The smallest absolute Gasteiger partial charge is 0.315 e. The second kappa shape index (κ2) is 9.62. The first-order chi connectivity index (χ1) is 11.5. The van der Waals surface area contributed by atoms with Gasteiger partial charge in [0.1, 0.15) is 5.82 Å². The van der Waals surface area contributed by atoms with Crippen molar-refractivity contribution in [2.45, 2.75) is 46.1 Å². The van der Waals surface area contributed by atoms with Crippen LogP contribution in [0.15, 0.2) is 18.2 Å². The Bertz CT molecular complexity index is 535. The Morgan fingerprint density at radius 3 is 2.92 bits per heavy atom. The number of unbranched alkanes of at least 4 members (excludes halogenated alkanes) is 1. The standard InChI is InChI=1S/C19H30FN3O/c1-15-6-5-11-23(14-15)10-4-3-9-21-19(24)22-13-17-7-8-18(20)16(2)12-17/h7-8,12,15H,3-6,9-11,13-14H2,1-2H3,(H2,21,22,24)/t15-/m0/s1. The summed E-state index contributed by atoms with van der Waals surface area (Å²) in [5.74, 6) is 0.601. The van der Waals surface area contributed by atoms with E-state index in [1.165, 1.54) is 32.0 Å². The second-order valence-corrected chi connectivity index (χ2v) is 6.95. The highest BCUT2D eigenvalue weighted by Crippen LogP contribution is 2.15. The molecule has 2 N–H and O–H groups in total. The highest BCUT2D eigenvalue weighted by molar-refractivity contribution is 5.73. The van der Waals surface area contributed by atoms with Crippen LogP contribution in [0.3, 0.4) is 0 Å². The van der Waals surface area contributed by atoms with E-state index >= 15 is 0 Å². The number of carbonyl (C=O) groups excluding carboxylic acids is 1. The highest BCUT2D eigenvalue weighted by Gasteiger charge is 2.15. The molecule has 1 saturated heterocycles. The molecule has 4 nitrogen and oxygen atoms in total. The number of benzene rings is 1. The van der Waals surface area contributed by atoms with Gasteiger partial charge in [-0.05, 0) is 68.8 Å². The van der Waals surface area contributed by atoms with Gasteiger partial charge in [-0.1, -0.05) is 19.1 Å². The average molecular weight is 335 g/mol. The zero-order chi connectivity index (χ0) is 17.4. The number of hydrogen-bond acceptors (Lipinski definition) is 2. The Labute approximate surface area is 144 Å². The Morgan fingerprint density at radius 1 is 1.33 bits per heavy atom. The quantitative estimate of drug-likeness (QED) is 0.750. The summed E-state index contributed by atoms with van der Waals surface area (Å²) in [5, 5.41) is 5.69. The summed E-state index contributed by atoms with van der Waals surface area (Å²) < 4.78 is 13.2. The lowest BCUT2D eigenvalue weighted by Crippen LogP contribution is -2.37. The molecule has 1 atom stereocenters. The molecule has 1 aromatic rings. The first-order valence-electron chi connectivity index (χ1n) is 9.03. The van der Waals surface area contributed by atoms with E-state index in [1.54, 1.807) is 19.1 Å². The first kappa shape index (κ1) is 18.7. The maximum Gasteiger partial charge on any atom is 0.315 e. The van der Waals surface area contributed by atoms with Crippen molar-refractivity contribution in [1.29, 1.82) is 0 Å². The molecule has 1 heterocycles. The molecule has 1 aliphatic rings. The molecule has 0 unspecified atom stereocenters. The minimum absolute atomic E-state index is 0.163. The molecule has 134 valence electrons. The maximum absolute atomic E-state index is 13.2. The summed E-state index contributed by atoms with van der Waals surface area (Å²) in [6.45, 7) is 8.71. The summed E-state index contributed by atoms with van der Waals surface area (Å²) in [6.07, 6.45) is 4.77. The number of urea groups is 1. The Balaban J connectivity index is 1.54. The van der Waals surface area contributed by atoms with Crippen LogP contribution >= 0.6 is 0 Å². The molecule has 0 aliphatic carbocycles. The molecular formula is C19H30FN3O. The van der Waals surface area contributed by atoms with E-state index in [1.807, 2.05) is 0 Å². The van der Waals surface area contributed by atoms with Crippen molar-refractivity contribution < 1.29 is 9.18 Å². The fraction of sp³-hybridized carbons (Fsp3) is 0.632. The number of piperidine rings is 1. The van der Waals surface area contributed by atoms with Gasteiger partial charge in [-0.15, -0.1) is 0 Å². The van der Waals surface area contributed by atoms with Crippen molar-refractivity contribution in [2.75, 3.05) is 26.2 Å². The molecule has 0 saturated carbocycles. The molecule has 1 aliphatic heterocycles. The molecule has 1 fully saturated rings. The Kier molecular flexibility index (Phi) is 7.50. The summed E-state index contributed by atoms with van der Waals surface area (Å²) in [6, 6.07) is 4.73. The van der Waals surface area contributed by atoms with Crippen molar-refractivity contribution in [3.63, 3.8) is 0 Å². The predicted molar refractivity (Wildman–Crippen MR) is 95.4 cm³/mol. The number of hydrogen-bond donors (Lipinski definition) is 2. The number of nitrogens with zero attached hydrogens (tertiary/aromatic N) is 1. The van der Waals surface area contributed by atoms with Gasteiger partial charge in [0.25, 0.3) is 0 Å². The van der Waals surface area contributed by atoms with E-state index in [4.69, 9.17) is 0 Å². The van der Waals surface area contributed by atoms with Crippen LogP contribution in [0, 0.1) is 18.7 Å². The van der Waals surface area contributed by atoms with Crippen molar-refractivity contribution >= 4 is 6.03 Å². The van der Waals surface area contributed by atoms with Crippen LogP contribution in [0.1, 0.15) is 43.7 Å². The van der Waals surface area contributed by atoms with Gasteiger partial charge in [-0.2, -0.15) is 0 Å². The lowest BCUT2D eigenvalue weighted by Gasteiger charge is -2.30. The van der Waals surface area contributed by atoms with Crippen LogP contribution in [0.4, 0.5) is 9.18 Å². The zero-order valence-electron chi connectivity index (χ0n) is 14.9. The van der Waals surface area contributed by atoms with Crippen molar-refractivity contribution in [3.8, 4) is 0 Å². The zero-order valence-corrected chi connectivity index (χ0v) is 14.9. The van der Waals surface area contributed by atoms with Gasteiger partial charge in [-0.25, -0.2) is 9.18 Å². The summed E-state index contributed by atoms with van der Waals surface area (Å²) in [7, 11) is 0. The molecule has 0 aromatic heterocycles. The van der Waals surface area contributed by atoms with Gasteiger partial charge in [0, 0.05) is 19.6 Å². The third kappa shape index (κ3) is 6.48. The van der Waals surface area contributed by atoms with Gasteiger partial charge in [0.2, 0.25) is 0 Å². The van der Waals surface area contributed by atoms with Crippen molar-refractivity contribution in [2.24, 2.45) is 5.92 Å². The number of likely N-dealkylation sites (tertiary alicyclic amines) is 1. The molecule has 5 heteroatoms. The highest BCUT2D eigenvalue weighted by atomic mass is 19.1. The average Bonchev–Trinajstić information content (AvgIpc) is 2.56. The number of carbonyl (C=O) groups is 1. The van der Waals surface area contributed by atoms with E-state index in [9.17, 15) is 9.18 Å². The fourth-order valence-electron chi connectivity index (χ4n) is 3.21. The van der Waals surface area contributed by atoms with Crippen LogP contribution in [0.2, 0.25) is 0 Å². The van der Waals surface area contributed by atoms with Gasteiger partial charge < -0.3 is 15.5 Å². The molecule has 24 heavy (non-hydrogen) atoms. The summed E-state index contributed by atoms with van der Waals surface area (Å²) >= 11 is 0. The SMILES string of the molecule is Cc1cc(CNC(=O)NCCCCN2CCC[C@H](C)C2)ccc1F. The maximum atomic E-state index is 13.2. The van der Waals surface area contributed by atoms with Crippen LogP contribution in [0.25, 0.3) is 0 Å². The van der Waals surface area contributed by atoms with E-state index in [2.05, 4.69) is 22.5 Å². The molecule has 0 spiro atoms. The normalized spacial score (nSPS) is 18.4. The molecular weight excluding hydrogens is 305 g/mol. The number of halogens is 1. The Hall–Kier alpha value is -1.62. The first-order valence-corrected chi connectivity index (χ1v) is 9.03. The lowest BCUT2D eigenvalue weighted by atomic mass is 10.0. The summed E-state index contributed by atoms with van der Waals surface area (Å²) in [5.41, 5.74) is 1.50. The minimum Gasteiger partial charge on any atom is -0.338 e. The number of amides is 2. The van der Waals surface area contributed by atoms with Crippen LogP contribution in [-0.2, 0) is 6.54 Å². The third-order valence-electron chi connectivity index (χ3n) is 4.60. The number of rotatable bonds is 7. The molecule has 0 radical (unpaired) electrons. The monoisotopic (exact) mass is 335 g/mol. The van der Waals surface area contributed by atoms with Gasteiger partial charge in [0.05, 0.1) is 0 Å². The topological polar surface area (TPSA) is 44.4 Å². The molecule has 2 amide bonds. The van der Waals surface area contributed by atoms with E-state index in [0.29, 0.717) is 18.7 Å². The largest absolute Gasteiger partial charge is 0.338 e. The lowest BCUT2D eigenvalue weighted by molar-refractivity contribution is 0.181. The van der Waals surface area contributed by atoms with E-state index in [0.717, 1.165) is 30.9 Å². The summed E-state index contributed by atoms with van der Waals surface area (Å²) in [4.78, 5) is 14.3. The van der Waals surface area contributed by atoms with Crippen molar-refractivity contribution in [3.05, 3.63) is 35.1 Å². The number of aryl methyl sites for hydroxylation is 1. The van der Waals surface area contributed by atoms with Gasteiger partial charge in [0.15, 0.2) is 0 Å². The van der Waals surface area contributed by atoms with Gasteiger partial charge >= 0.3 is 6.03 Å². The third-order valence-corrected chi connectivity index (χ3v) is 4.60. The second-order valence-electron chi connectivity index (χ2n) is 6.95. The Morgan fingerprint density at radius 2 is 2.17 bits per heavy atom. The molecule has 1 aromatic carbocycles. The molecule has 2 rings (SSSR count). The van der Waals surface area contributed by atoms with Gasteiger partial charge in [-0.3, -0.25) is 0 Å². The fourth-order valence-corrected chi connectivity index (χ4v) is 3.21. The molecule has 0 bridgehead atoms. The van der Waals surface area contributed by atoms with Crippen LogP contribution in [-0.4, -0.2) is 37.1 Å².